The fraction of sp³-hybridized carbons (Fsp3) is 0.214. The van der Waals surface area contributed by atoms with Crippen molar-refractivity contribution >= 4 is 27.3 Å². The Morgan fingerprint density at radius 2 is 1.90 bits per heavy atom. The van der Waals surface area contributed by atoms with Crippen LogP contribution in [0.1, 0.15) is 33.8 Å². The summed E-state index contributed by atoms with van der Waals surface area (Å²) in [5.74, 6) is -1.13. The summed E-state index contributed by atoms with van der Waals surface area (Å²) < 4.78 is 27.1. The number of aryl methyl sites for hydroxylation is 1. The maximum Gasteiger partial charge on any atom is 0.345 e. The van der Waals surface area contributed by atoms with Crippen LogP contribution in [0.5, 0.6) is 0 Å². The smallest absolute Gasteiger partial charge is 0.345 e. The van der Waals surface area contributed by atoms with E-state index in [4.69, 9.17) is 5.11 Å². The van der Waals surface area contributed by atoms with Crippen molar-refractivity contribution < 1.29 is 18.3 Å². The number of sulfonamides is 1. The SMILES string of the molecule is Cc1ccccc1C(C)NS(=O)(=O)c1ccc(C(=O)O)s1. The summed E-state index contributed by atoms with van der Waals surface area (Å²) in [7, 11) is -3.73. The van der Waals surface area contributed by atoms with E-state index in [1.54, 1.807) is 6.92 Å². The molecule has 1 aromatic heterocycles. The van der Waals surface area contributed by atoms with Crippen LogP contribution >= 0.6 is 11.3 Å². The molecule has 0 amide bonds. The predicted molar refractivity (Wildman–Crippen MR) is 81.2 cm³/mol. The van der Waals surface area contributed by atoms with Gasteiger partial charge in [0.2, 0.25) is 0 Å². The van der Waals surface area contributed by atoms with Crippen molar-refractivity contribution in [2.24, 2.45) is 0 Å². The summed E-state index contributed by atoms with van der Waals surface area (Å²) in [6, 6.07) is 9.71. The summed E-state index contributed by atoms with van der Waals surface area (Å²) in [5.41, 5.74) is 1.88. The van der Waals surface area contributed by atoms with E-state index < -0.39 is 22.0 Å². The number of nitrogens with one attached hydrogen (secondary N) is 1. The van der Waals surface area contributed by atoms with Crippen LogP contribution in [0.25, 0.3) is 0 Å². The molecular formula is C14H15NO4S2. The molecule has 0 bridgehead atoms. The van der Waals surface area contributed by atoms with Crippen molar-refractivity contribution in [1.29, 1.82) is 0 Å². The number of hydrogen-bond acceptors (Lipinski definition) is 4. The van der Waals surface area contributed by atoms with Crippen LogP contribution in [0.4, 0.5) is 0 Å². The average Bonchev–Trinajstić information content (AvgIpc) is 2.89. The Kier molecular flexibility index (Phi) is 4.46. The van der Waals surface area contributed by atoms with Crippen molar-refractivity contribution in [3.63, 3.8) is 0 Å². The second-order valence-electron chi connectivity index (χ2n) is 4.62. The first kappa shape index (κ1) is 15.7. The zero-order chi connectivity index (χ0) is 15.6. The summed E-state index contributed by atoms with van der Waals surface area (Å²) in [5, 5.41) is 8.86. The third-order valence-corrected chi connectivity index (χ3v) is 6.15. The molecule has 0 aliphatic carbocycles. The minimum absolute atomic E-state index is 0.000309. The fourth-order valence-electron chi connectivity index (χ4n) is 2.01. The zero-order valence-corrected chi connectivity index (χ0v) is 13.2. The van der Waals surface area contributed by atoms with Gasteiger partial charge in [0.05, 0.1) is 0 Å². The lowest BCUT2D eigenvalue weighted by Gasteiger charge is -2.15. The largest absolute Gasteiger partial charge is 0.477 e. The van der Waals surface area contributed by atoms with Crippen molar-refractivity contribution in [1.82, 2.24) is 4.72 Å². The van der Waals surface area contributed by atoms with Crippen molar-refractivity contribution in [2.45, 2.75) is 24.1 Å². The summed E-state index contributed by atoms with van der Waals surface area (Å²) >= 11 is 0.739. The number of carboxylic acids is 1. The number of aromatic carboxylic acids is 1. The van der Waals surface area contributed by atoms with Gasteiger partial charge >= 0.3 is 5.97 Å². The van der Waals surface area contributed by atoms with E-state index in [-0.39, 0.29) is 9.09 Å². The quantitative estimate of drug-likeness (QED) is 0.885. The van der Waals surface area contributed by atoms with Gasteiger partial charge in [-0.2, -0.15) is 0 Å². The number of benzene rings is 1. The molecule has 1 unspecified atom stereocenters. The van der Waals surface area contributed by atoms with Gasteiger partial charge in [0, 0.05) is 6.04 Å². The van der Waals surface area contributed by atoms with Crippen LogP contribution < -0.4 is 4.72 Å². The van der Waals surface area contributed by atoms with E-state index in [9.17, 15) is 13.2 Å². The Labute approximate surface area is 127 Å². The Morgan fingerprint density at radius 3 is 2.48 bits per heavy atom. The van der Waals surface area contributed by atoms with E-state index in [2.05, 4.69) is 4.72 Å². The first-order valence-electron chi connectivity index (χ1n) is 6.22. The topological polar surface area (TPSA) is 83.5 Å². The maximum absolute atomic E-state index is 12.3. The molecule has 0 fully saturated rings. The minimum atomic E-state index is -3.73. The van der Waals surface area contributed by atoms with E-state index >= 15 is 0 Å². The molecule has 1 aromatic carbocycles. The summed E-state index contributed by atoms with van der Waals surface area (Å²) in [6.45, 7) is 3.67. The number of hydrogen-bond donors (Lipinski definition) is 2. The first-order chi connectivity index (χ1) is 9.81. The van der Waals surface area contributed by atoms with Gasteiger partial charge in [-0.3, -0.25) is 0 Å². The van der Waals surface area contributed by atoms with Crippen LogP contribution in [0, 0.1) is 6.92 Å². The fourth-order valence-corrected chi connectivity index (χ4v) is 4.39. The Morgan fingerprint density at radius 1 is 1.24 bits per heavy atom. The molecule has 1 atom stereocenters. The first-order valence-corrected chi connectivity index (χ1v) is 8.52. The molecule has 7 heteroatoms. The van der Waals surface area contributed by atoms with Gasteiger partial charge in [-0.05, 0) is 37.1 Å². The summed E-state index contributed by atoms with van der Waals surface area (Å²) in [4.78, 5) is 10.8. The van der Waals surface area contributed by atoms with Gasteiger partial charge in [0.1, 0.15) is 9.09 Å². The van der Waals surface area contributed by atoms with Crippen LogP contribution in [-0.4, -0.2) is 19.5 Å². The lowest BCUT2D eigenvalue weighted by molar-refractivity contribution is 0.0702. The van der Waals surface area contributed by atoms with Crippen LogP contribution in [0.2, 0.25) is 0 Å². The molecule has 112 valence electrons. The molecule has 21 heavy (non-hydrogen) atoms. The molecule has 2 aromatic rings. The second-order valence-corrected chi connectivity index (χ2v) is 7.65. The molecule has 0 radical (unpaired) electrons. The molecule has 2 N–H and O–H groups in total. The van der Waals surface area contributed by atoms with Gasteiger partial charge < -0.3 is 5.11 Å². The molecule has 2 rings (SSSR count). The highest BCUT2D eigenvalue weighted by atomic mass is 32.2. The molecule has 0 aliphatic rings. The third kappa shape index (κ3) is 3.49. The van der Waals surface area contributed by atoms with Crippen LogP contribution in [0.15, 0.2) is 40.6 Å². The minimum Gasteiger partial charge on any atom is -0.477 e. The Hall–Kier alpha value is -1.70. The zero-order valence-electron chi connectivity index (χ0n) is 11.5. The van der Waals surface area contributed by atoms with E-state index in [1.807, 2.05) is 31.2 Å². The summed E-state index contributed by atoms with van der Waals surface area (Å²) in [6.07, 6.45) is 0. The van der Waals surface area contributed by atoms with Gasteiger partial charge in [-0.25, -0.2) is 17.9 Å². The Balaban J connectivity index is 2.24. The van der Waals surface area contributed by atoms with E-state index in [0.717, 1.165) is 22.5 Å². The highest BCUT2D eigenvalue weighted by molar-refractivity contribution is 7.91. The molecule has 0 saturated carbocycles. The standard InChI is InChI=1S/C14H15NO4S2/c1-9-5-3-4-6-11(9)10(2)15-21(18,19)13-8-7-12(20-13)14(16)17/h3-8,10,15H,1-2H3,(H,16,17). The number of rotatable bonds is 5. The lowest BCUT2D eigenvalue weighted by Crippen LogP contribution is -2.26. The molecule has 0 saturated heterocycles. The van der Waals surface area contributed by atoms with Crippen molar-refractivity contribution in [3.05, 3.63) is 52.4 Å². The number of thiophene rings is 1. The molecular weight excluding hydrogens is 310 g/mol. The second kappa shape index (κ2) is 5.97. The molecule has 1 heterocycles. The highest BCUT2D eigenvalue weighted by Gasteiger charge is 2.22. The average molecular weight is 325 g/mol. The Bertz CT molecular complexity index is 765. The van der Waals surface area contributed by atoms with Crippen molar-refractivity contribution in [3.8, 4) is 0 Å². The third-order valence-electron chi connectivity index (χ3n) is 3.04. The van der Waals surface area contributed by atoms with Crippen LogP contribution in [0.3, 0.4) is 0 Å². The van der Waals surface area contributed by atoms with Crippen LogP contribution in [-0.2, 0) is 10.0 Å². The normalized spacial score (nSPS) is 13.0. The number of carboxylic acid groups (broad SMARTS) is 1. The van der Waals surface area contributed by atoms with E-state index in [0.29, 0.717) is 0 Å². The molecule has 0 aliphatic heterocycles. The molecule has 5 nitrogen and oxygen atoms in total. The van der Waals surface area contributed by atoms with Gasteiger partial charge in [0.15, 0.2) is 0 Å². The highest BCUT2D eigenvalue weighted by Crippen LogP contribution is 2.24. The van der Waals surface area contributed by atoms with Crippen molar-refractivity contribution in [2.75, 3.05) is 0 Å². The van der Waals surface area contributed by atoms with Gasteiger partial charge in [0.25, 0.3) is 10.0 Å². The van der Waals surface area contributed by atoms with Gasteiger partial charge in [-0.15, -0.1) is 11.3 Å². The number of carbonyl (C=O) groups is 1. The maximum atomic E-state index is 12.3. The van der Waals surface area contributed by atoms with Gasteiger partial charge in [-0.1, -0.05) is 24.3 Å². The lowest BCUT2D eigenvalue weighted by atomic mass is 10.0. The monoisotopic (exact) mass is 325 g/mol. The predicted octanol–water partition coefficient (Wildman–Crippen LogP) is 2.79. The molecule has 0 spiro atoms. The van der Waals surface area contributed by atoms with E-state index in [1.165, 1.54) is 12.1 Å².